The van der Waals surface area contributed by atoms with Gasteiger partial charge in [0.15, 0.2) is 0 Å². The SMILES string of the molecule is C[C@]1(N2CCN(c3cc4cc(NC(=O)[C@@H]5C[C@]5(C)C5CCOC5)ncc4cc3Cl)CC2)COC[C@H]1O. The zero-order valence-corrected chi connectivity index (χ0v) is 21.8. The molecular weight excluding hydrogens is 480 g/mol. The number of aliphatic hydroxyl groups excluding tert-OH is 1. The maximum atomic E-state index is 13.0. The molecule has 36 heavy (non-hydrogen) atoms. The molecule has 3 aliphatic heterocycles. The number of anilines is 2. The van der Waals surface area contributed by atoms with Crippen molar-refractivity contribution >= 4 is 39.8 Å². The summed E-state index contributed by atoms with van der Waals surface area (Å²) >= 11 is 6.70. The Morgan fingerprint density at radius 2 is 1.94 bits per heavy atom. The highest BCUT2D eigenvalue weighted by molar-refractivity contribution is 6.34. The van der Waals surface area contributed by atoms with E-state index in [4.69, 9.17) is 21.1 Å². The lowest BCUT2D eigenvalue weighted by Gasteiger charge is -2.45. The van der Waals surface area contributed by atoms with Crippen LogP contribution in [0.25, 0.3) is 10.8 Å². The van der Waals surface area contributed by atoms with Crippen LogP contribution >= 0.6 is 11.6 Å². The molecule has 8 nitrogen and oxygen atoms in total. The van der Waals surface area contributed by atoms with E-state index >= 15 is 0 Å². The van der Waals surface area contributed by atoms with Gasteiger partial charge in [-0.25, -0.2) is 4.98 Å². The van der Waals surface area contributed by atoms with E-state index in [1.807, 2.05) is 12.1 Å². The van der Waals surface area contributed by atoms with Crippen molar-refractivity contribution < 1.29 is 19.4 Å². The number of halogens is 1. The molecule has 4 fully saturated rings. The molecule has 1 aliphatic carbocycles. The molecule has 1 saturated carbocycles. The van der Waals surface area contributed by atoms with Gasteiger partial charge in [-0.05, 0) is 54.7 Å². The van der Waals surface area contributed by atoms with E-state index in [9.17, 15) is 9.90 Å². The van der Waals surface area contributed by atoms with Crippen molar-refractivity contribution in [3.05, 3.63) is 29.4 Å². The summed E-state index contributed by atoms with van der Waals surface area (Å²) in [4.78, 5) is 22.1. The summed E-state index contributed by atoms with van der Waals surface area (Å²) in [5.41, 5.74) is 0.690. The van der Waals surface area contributed by atoms with Crippen LogP contribution in [0.15, 0.2) is 24.4 Å². The Bertz CT molecular complexity index is 1170. The van der Waals surface area contributed by atoms with Crippen LogP contribution in [0.3, 0.4) is 0 Å². The molecule has 1 unspecified atom stereocenters. The predicted octanol–water partition coefficient (Wildman–Crippen LogP) is 3.16. The van der Waals surface area contributed by atoms with Crippen LogP contribution in [0, 0.1) is 17.3 Å². The van der Waals surface area contributed by atoms with E-state index in [2.05, 4.69) is 40.0 Å². The van der Waals surface area contributed by atoms with Crippen molar-refractivity contribution in [3.63, 3.8) is 0 Å². The number of fused-ring (bicyclic) bond motifs is 1. The van der Waals surface area contributed by atoms with Gasteiger partial charge in [0, 0.05) is 50.3 Å². The number of nitrogens with zero attached hydrogens (tertiary/aromatic N) is 3. The molecule has 0 bridgehead atoms. The third kappa shape index (κ3) is 4.17. The van der Waals surface area contributed by atoms with Gasteiger partial charge in [0.2, 0.25) is 5.91 Å². The van der Waals surface area contributed by atoms with Crippen LogP contribution in [0.2, 0.25) is 5.02 Å². The monoisotopic (exact) mass is 514 g/mol. The van der Waals surface area contributed by atoms with Crippen LogP contribution in [0.5, 0.6) is 0 Å². The molecular formula is C27H35ClN4O4. The van der Waals surface area contributed by atoms with E-state index < -0.39 is 6.10 Å². The minimum atomic E-state index is -0.463. The highest BCUT2D eigenvalue weighted by Gasteiger charge is 2.59. The summed E-state index contributed by atoms with van der Waals surface area (Å²) in [5.74, 6) is 1.11. The maximum absolute atomic E-state index is 13.0. The molecule has 2 N–H and O–H groups in total. The van der Waals surface area contributed by atoms with Crippen molar-refractivity contribution in [2.24, 2.45) is 17.3 Å². The van der Waals surface area contributed by atoms with Crippen molar-refractivity contribution in [2.75, 3.05) is 62.8 Å². The Morgan fingerprint density at radius 1 is 1.14 bits per heavy atom. The predicted molar refractivity (Wildman–Crippen MR) is 140 cm³/mol. The highest BCUT2D eigenvalue weighted by Crippen LogP contribution is 2.59. The molecule has 1 aromatic heterocycles. The molecule has 194 valence electrons. The van der Waals surface area contributed by atoms with Crippen LogP contribution in [-0.2, 0) is 14.3 Å². The van der Waals surface area contributed by atoms with Gasteiger partial charge >= 0.3 is 0 Å². The Morgan fingerprint density at radius 3 is 2.64 bits per heavy atom. The van der Waals surface area contributed by atoms with Crippen molar-refractivity contribution in [2.45, 2.75) is 38.3 Å². The first kappa shape index (κ1) is 24.4. The summed E-state index contributed by atoms with van der Waals surface area (Å²) in [6, 6.07) is 5.98. The molecule has 9 heteroatoms. The largest absolute Gasteiger partial charge is 0.389 e. The number of hydrogen-bond donors (Lipinski definition) is 2. The number of aromatic nitrogens is 1. The van der Waals surface area contributed by atoms with Gasteiger partial charge in [0.05, 0.1) is 42.2 Å². The lowest BCUT2D eigenvalue weighted by molar-refractivity contribution is -0.118. The first-order valence-electron chi connectivity index (χ1n) is 13.0. The number of hydrogen-bond acceptors (Lipinski definition) is 7. The fraction of sp³-hybridized carbons (Fsp3) is 0.630. The fourth-order valence-corrected chi connectivity index (χ4v) is 6.66. The minimum absolute atomic E-state index is 0.0180. The van der Waals surface area contributed by atoms with Gasteiger partial charge < -0.3 is 24.8 Å². The van der Waals surface area contributed by atoms with Gasteiger partial charge in [-0.1, -0.05) is 18.5 Å². The zero-order chi connectivity index (χ0) is 25.1. The highest BCUT2D eigenvalue weighted by atomic mass is 35.5. The van der Waals surface area contributed by atoms with Crippen LogP contribution in [0.1, 0.15) is 26.7 Å². The average molecular weight is 515 g/mol. The number of ether oxygens (including phenoxy) is 2. The summed E-state index contributed by atoms with van der Waals surface area (Å²) in [6.07, 6.45) is 3.26. The number of nitrogens with one attached hydrogen (secondary N) is 1. The standard InChI is InChI=1S/C27H35ClN4O4/c1-26(19-3-8-35-14-19)12-20(26)25(34)30-24-11-17-10-22(21(28)9-18(17)13-29-24)31-4-6-32(7-5-31)27(2)16-36-15-23(27)33/h9-11,13,19-20,23,33H,3-8,12,14-16H2,1-2H3,(H,29,30,34)/t19?,20-,23+,26+,27-/m0/s1. The molecule has 5 atom stereocenters. The van der Waals surface area contributed by atoms with Crippen LogP contribution in [-0.4, -0.2) is 85.1 Å². The van der Waals surface area contributed by atoms with Crippen molar-refractivity contribution in [3.8, 4) is 0 Å². The molecule has 1 aromatic carbocycles. The molecule has 4 heterocycles. The summed E-state index contributed by atoms with van der Waals surface area (Å²) in [7, 11) is 0. The van der Waals surface area contributed by atoms with Gasteiger partial charge in [0.25, 0.3) is 0 Å². The minimum Gasteiger partial charge on any atom is -0.389 e. The molecule has 6 rings (SSSR count). The number of piperazine rings is 1. The van der Waals surface area contributed by atoms with E-state index in [0.29, 0.717) is 30.0 Å². The first-order valence-corrected chi connectivity index (χ1v) is 13.4. The molecule has 0 spiro atoms. The number of pyridine rings is 1. The number of carbonyl (C=O) groups excluding carboxylic acids is 1. The second-order valence-corrected chi connectivity index (χ2v) is 11.8. The van der Waals surface area contributed by atoms with Gasteiger partial charge in [-0.2, -0.15) is 0 Å². The van der Waals surface area contributed by atoms with Crippen molar-refractivity contribution in [1.29, 1.82) is 0 Å². The quantitative estimate of drug-likeness (QED) is 0.633. The fourth-order valence-electron chi connectivity index (χ4n) is 6.37. The van der Waals surface area contributed by atoms with E-state index in [0.717, 1.165) is 68.7 Å². The summed E-state index contributed by atoms with van der Waals surface area (Å²) in [6.45, 7) is 10.1. The molecule has 1 amide bonds. The number of amides is 1. The maximum Gasteiger partial charge on any atom is 0.229 e. The zero-order valence-electron chi connectivity index (χ0n) is 21.0. The van der Waals surface area contributed by atoms with Gasteiger partial charge in [0.1, 0.15) is 5.82 Å². The molecule has 2 aromatic rings. The molecule has 0 radical (unpaired) electrons. The lowest BCUT2D eigenvalue weighted by Crippen LogP contribution is -2.60. The number of aliphatic hydroxyl groups is 1. The van der Waals surface area contributed by atoms with E-state index in [1.54, 1.807) is 6.20 Å². The second kappa shape index (κ2) is 9.10. The first-order chi connectivity index (χ1) is 17.3. The van der Waals surface area contributed by atoms with Crippen LogP contribution < -0.4 is 10.2 Å². The lowest BCUT2D eigenvalue weighted by atomic mass is 9.88. The Balaban J connectivity index is 1.15. The third-order valence-corrected chi connectivity index (χ3v) is 9.53. The second-order valence-electron chi connectivity index (χ2n) is 11.4. The third-order valence-electron chi connectivity index (χ3n) is 9.23. The number of rotatable bonds is 5. The summed E-state index contributed by atoms with van der Waals surface area (Å²) in [5, 5.41) is 16.1. The summed E-state index contributed by atoms with van der Waals surface area (Å²) < 4.78 is 11.1. The number of benzene rings is 1. The van der Waals surface area contributed by atoms with E-state index in [-0.39, 0.29) is 22.8 Å². The van der Waals surface area contributed by atoms with Gasteiger partial charge in [-0.3, -0.25) is 9.69 Å². The normalized spacial score (nSPS) is 34.9. The molecule has 4 aliphatic rings. The van der Waals surface area contributed by atoms with E-state index in [1.165, 1.54) is 0 Å². The van der Waals surface area contributed by atoms with Gasteiger partial charge in [-0.15, -0.1) is 0 Å². The smallest absolute Gasteiger partial charge is 0.229 e. The Hall–Kier alpha value is -1.97. The van der Waals surface area contributed by atoms with Crippen molar-refractivity contribution in [1.82, 2.24) is 9.88 Å². The number of carbonyl (C=O) groups is 1. The Labute approximate surface area is 216 Å². The topological polar surface area (TPSA) is 87.2 Å². The van der Waals surface area contributed by atoms with Crippen LogP contribution in [0.4, 0.5) is 11.5 Å². The molecule has 3 saturated heterocycles. The average Bonchev–Trinajstić information content (AvgIpc) is 3.19. The Kier molecular flexibility index (Phi) is 6.16.